The highest BCUT2D eigenvalue weighted by Gasteiger charge is 2.16. The molecular weight excluding hydrogens is 254 g/mol. The zero-order valence-electron chi connectivity index (χ0n) is 13.4. The molecule has 0 bridgehead atoms. The number of nitrogens with one attached hydrogen (secondary N) is 1. The summed E-state index contributed by atoms with van der Waals surface area (Å²) in [6.07, 6.45) is 12.3. The first kappa shape index (κ1) is 16.0. The lowest BCUT2D eigenvalue weighted by Crippen LogP contribution is -2.14. The Balaban J connectivity index is 1.74. The van der Waals surface area contributed by atoms with Gasteiger partial charge in [-0.25, -0.2) is 0 Å². The molecule has 114 valence electrons. The van der Waals surface area contributed by atoms with Crippen LogP contribution in [-0.4, -0.2) is 6.54 Å². The molecule has 1 aliphatic rings. The largest absolute Gasteiger partial charge is 0.313 e. The highest BCUT2D eigenvalue weighted by molar-refractivity contribution is 5.53. The first-order valence-corrected chi connectivity index (χ1v) is 8.43. The van der Waals surface area contributed by atoms with Crippen molar-refractivity contribution in [3.63, 3.8) is 0 Å². The molecular formula is C20H29N. The maximum Gasteiger partial charge on any atom is 0.0205 e. The van der Waals surface area contributed by atoms with Gasteiger partial charge in [-0.2, -0.15) is 0 Å². The van der Waals surface area contributed by atoms with Crippen LogP contribution in [0.5, 0.6) is 0 Å². The van der Waals surface area contributed by atoms with Crippen molar-refractivity contribution in [3.05, 3.63) is 53.6 Å². The smallest absolute Gasteiger partial charge is 0.0205 e. The normalized spacial score (nSPS) is 15.3. The van der Waals surface area contributed by atoms with Crippen LogP contribution >= 0.6 is 0 Å². The Hall–Kier alpha value is -1.34. The van der Waals surface area contributed by atoms with E-state index in [4.69, 9.17) is 0 Å². The quantitative estimate of drug-likeness (QED) is 0.477. The number of hydrogen-bond donors (Lipinski definition) is 1. The Labute approximate surface area is 130 Å². The molecule has 1 aliphatic carbocycles. The van der Waals surface area contributed by atoms with Crippen molar-refractivity contribution >= 4 is 6.08 Å². The minimum absolute atomic E-state index is 0.902. The van der Waals surface area contributed by atoms with Crippen molar-refractivity contribution in [3.8, 4) is 0 Å². The molecule has 1 aromatic rings. The molecule has 0 saturated heterocycles. The van der Waals surface area contributed by atoms with Crippen LogP contribution in [0.25, 0.3) is 6.08 Å². The molecule has 0 unspecified atom stereocenters. The first-order valence-electron chi connectivity index (χ1n) is 8.43. The summed E-state index contributed by atoms with van der Waals surface area (Å²) in [6, 6.07) is 8.83. The lowest BCUT2D eigenvalue weighted by atomic mass is 9.81. The molecule has 1 N–H and O–H groups in total. The van der Waals surface area contributed by atoms with Gasteiger partial charge in [0.2, 0.25) is 0 Å². The fourth-order valence-electron chi connectivity index (χ4n) is 2.63. The third kappa shape index (κ3) is 5.89. The predicted molar refractivity (Wildman–Crippen MR) is 93.2 cm³/mol. The van der Waals surface area contributed by atoms with Gasteiger partial charge in [0.1, 0.15) is 0 Å². The molecule has 0 radical (unpaired) electrons. The third-order valence-corrected chi connectivity index (χ3v) is 4.30. The predicted octanol–water partition coefficient (Wildman–Crippen LogP) is 5.34. The van der Waals surface area contributed by atoms with E-state index >= 15 is 0 Å². The van der Waals surface area contributed by atoms with Gasteiger partial charge >= 0.3 is 0 Å². The van der Waals surface area contributed by atoms with Gasteiger partial charge in [-0.1, -0.05) is 81.2 Å². The van der Waals surface area contributed by atoms with Gasteiger partial charge in [0.25, 0.3) is 0 Å². The van der Waals surface area contributed by atoms with E-state index in [1.54, 1.807) is 0 Å². The molecule has 1 saturated carbocycles. The number of hydrogen-bond acceptors (Lipinski definition) is 1. The van der Waals surface area contributed by atoms with Gasteiger partial charge < -0.3 is 5.32 Å². The first-order chi connectivity index (χ1) is 10.3. The van der Waals surface area contributed by atoms with Crippen molar-refractivity contribution in [2.24, 2.45) is 5.92 Å². The van der Waals surface area contributed by atoms with Gasteiger partial charge in [0, 0.05) is 6.54 Å². The van der Waals surface area contributed by atoms with Crippen LogP contribution in [0.15, 0.2) is 42.5 Å². The maximum absolute atomic E-state index is 4.17. The van der Waals surface area contributed by atoms with E-state index in [1.807, 2.05) is 0 Å². The van der Waals surface area contributed by atoms with Gasteiger partial charge in [-0.3, -0.25) is 0 Å². The zero-order valence-corrected chi connectivity index (χ0v) is 13.4. The summed E-state index contributed by atoms with van der Waals surface area (Å²) in [6.45, 7) is 8.48. The van der Waals surface area contributed by atoms with Crippen LogP contribution < -0.4 is 5.32 Å². The highest BCUT2D eigenvalue weighted by atomic mass is 14.8. The minimum atomic E-state index is 0.902. The van der Waals surface area contributed by atoms with Crippen molar-refractivity contribution in [1.29, 1.82) is 0 Å². The van der Waals surface area contributed by atoms with Crippen LogP contribution in [0.4, 0.5) is 0 Å². The molecule has 0 aromatic heterocycles. The van der Waals surface area contributed by atoms with E-state index in [9.17, 15) is 0 Å². The molecule has 0 atom stereocenters. The molecule has 2 rings (SSSR count). The second-order valence-corrected chi connectivity index (χ2v) is 6.26. The summed E-state index contributed by atoms with van der Waals surface area (Å²) in [5, 5.41) is 3.47. The van der Waals surface area contributed by atoms with Crippen LogP contribution in [0.1, 0.15) is 56.6 Å². The van der Waals surface area contributed by atoms with Gasteiger partial charge in [0.05, 0.1) is 0 Å². The second kappa shape index (κ2) is 8.84. The molecule has 21 heavy (non-hydrogen) atoms. The number of rotatable bonds is 9. The Morgan fingerprint density at radius 2 is 2.05 bits per heavy atom. The van der Waals surface area contributed by atoms with Crippen molar-refractivity contribution in [1.82, 2.24) is 5.32 Å². The topological polar surface area (TPSA) is 12.0 Å². The fraction of sp³-hybridized carbons (Fsp3) is 0.500. The SMILES string of the molecule is C=C(/C=C/c1ccc(CNCCCC)cc1)CC1CCC1. The summed E-state index contributed by atoms with van der Waals surface area (Å²) in [5.41, 5.74) is 3.89. The molecule has 1 fully saturated rings. The monoisotopic (exact) mass is 283 g/mol. The standard InChI is InChI=1S/C20H29N/c1-3-4-14-21-16-20-12-10-18(11-13-20)9-8-17(2)15-19-6-5-7-19/h8-13,19,21H,2-7,14-16H2,1H3/b9-8+. The summed E-state index contributed by atoms with van der Waals surface area (Å²) in [4.78, 5) is 0. The number of unbranched alkanes of at least 4 members (excludes halogenated alkanes) is 1. The van der Waals surface area contributed by atoms with Crippen LogP contribution in [0, 0.1) is 5.92 Å². The van der Waals surface area contributed by atoms with E-state index in [0.717, 1.165) is 19.0 Å². The second-order valence-electron chi connectivity index (χ2n) is 6.26. The summed E-state index contributed by atoms with van der Waals surface area (Å²) >= 11 is 0. The molecule has 1 nitrogen and oxygen atoms in total. The van der Waals surface area contributed by atoms with E-state index in [-0.39, 0.29) is 0 Å². The molecule has 1 aromatic carbocycles. The number of benzene rings is 1. The van der Waals surface area contributed by atoms with Crippen molar-refractivity contribution in [2.75, 3.05) is 6.54 Å². The lowest BCUT2D eigenvalue weighted by molar-refractivity contribution is 0.316. The Bertz CT molecular complexity index is 451. The zero-order chi connectivity index (χ0) is 14.9. The van der Waals surface area contributed by atoms with E-state index < -0.39 is 0 Å². The lowest BCUT2D eigenvalue weighted by Gasteiger charge is -2.25. The van der Waals surface area contributed by atoms with E-state index in [0.29, 0.717) is 0 Å². The van der Waals surface area contributed by atoms with Gasteiger partial charge in [0.15, 0.2) is 0 Å². The van der Waals surface area contributed by atoms with Gasteiger partial charge in [-0.15, -0.1) is 0 Å². The molecule has 0 heterocycles. The Morgan fingerprint density at radius 3 is 2.67 bits per heavy atom. The average molecular weight is 283 g/mol. The number of allylic oxidation sites excluding steroid dienone is 2. The van der Waals surface area contributed by atoms with E-state index in [1.165, 1.54) is 55.2 Å². The fourth-order valence-corrected chi connectivity index (χ4v) is 2.63. The Kier molecular flexibility index (Phi) is 6.75. The third-order valence-electron chi connectivity index (χ3n) is 4.30. The van der Waals surface area contributed by atoms with Crippen LogP contribution in [-0.2, 0) is 6.54 Å². The Morgan fingerprint density at radius 1 is 1.29 bits per heavy atom. The highest BCUT2D eigenvalue weighted by Crippen LogP contribution is 2.31. The van der Waals surface area contributed by atoms with Crippen LogP contribution in [0.2, 0.25) is 0 Å². The van der Waals surface area contributed by atoms with Crippen molar-refractivity contribution < 1.29 is 0 Å². The van der Waals surface area contributed by atoms with Gasteiger partial charge in [-0.05, 0) is 36.4 Å². The molecule has 0 amide bonds. The van der Waals surface area contributed by atoms with Crippen LogP contribution in [0.3, 0.4) is 0 Å². The molecule has 1 heteroatoms. The summed E-state index contributed by atoms with van der Waals surface area (Å²) in [5.74, 6) is 0.902. The molecule has 0 aliphatic heterocycles. The van der Waals surface area contributed by atoms with E-state index in [2.05, 4.69) is 55.2 Å². The summed E-state index contributed by atoms with van der Waals surface area (Å²) in [7, 11) is 0. The minimum Gasteiger partial charge on any atom is -0.313 e. The average Bonchev–Trinajstić information content (AvgIpc) is 2.46. The summed E-state index contributed by atoms with van der Waals surface area (Å²) < 4.78 is 0. The van der Waals surface area contributed by atoms with Crippen molar-refractivity contribution in [2.45, 2.75) is 52.0 Å². The molecule has 0 spiro atoms. The maximum atomic E-state index is 4.17.